The Labute approximate surface area is 91.6 Å². The fourth-order valence-electron chi connectivity index (χ4n) is 1.63. The van der Waals surface area contributed by atoms with Gasteiger partial charge < -0.3 is 15.6 Å². The fourth-order valence-corrected chi connectivity index (χ4v) is 1.63. The van der Waals surface area contributed by atoms with Crippen LogP contribution in [-0.2, 0) is 4.74 Å². The summed E-state index contributed by atoms with van der Waals surface area (Å²) in [5.74, 6) is 0.435. The molecule has 86 valence electrons. The zero-order valence-electron chi connectivity index (χ0n) is 9.30. The molecule has 1 aliphatic carbocycles. The van der Waals surface area contributed by atoms with E-state index >= 15 is 0 Å². The van der Waals surface area contributed by atoms with Gasteiger partial charge in [-0.15, -0.1) is 0 Å². The highest BCUT2D eigenvalue weighted by molar-refractivity contribution is 5.11. The van der Waals surface area contributed by atoms with Gasteiger partial charge in [-0.1, -0.05) is 31.2 Å². The number of rotatable bonds is 6. The number of nitrogens with two attached hydrogens (primary N) is 1. The van der Waals surface area contributed by atoms with Crippen molar-refractivity contribution in [3.05, 3.63) is 24.3 Å². The van der Waals surface area contributed by atoms with Gasteiger partial charge in [0.2, 0.25) is 0 Å². The Bertz CT molecular complexity index is 226. The Balaban J connectivity index is 2.24. The second-order valence-electron chi connectivity index (χ2n) is 3.97. The first-order chi connectivity index (χ1) is 7.24. The smallest absolute Gasteiger partial charge is 0.169 e. The summed E-state index contributed by atoms with van der Waals surface area (Å²) in [4.78, 5) is 0. The maximum absolute atomic E-state index is 9.59. The summed E-state index contributed by atoms with van der Waals surface area (Å²) in [6, 6.07) is -0.294. The van der Waals surface area contributed by atoms with Crippen LogP contribution in [0.1, 0.15) is 26.2 Å². The lowest BCUT2D eigenvalue weighted by Gasteiger charge is -2.22. The average molecular weight is 211 g/mol. The van der Waals surface area contributed by atoms with Crippen molar-refractivity contribution in [1.82, 2.24) is 0 Å². The zero-order valence-corrected chi connectivity index (χ0v) is 9.30. The molecule has 0 amide bonds. The van der Waals surface area contributed by atoms with Gasteiger partial charge in [0, 0.05) is 6.61 Å². The van der Waals surface area contributed by atoms with Crippen molar-refractivity contribution in [2.75, 3.05) is 6.61 Å². The van der Waals surface area contributed by atoms with E-state index in [2.05, 4.69) is 12.2 Å². The van der Waals surface area contributed by atoms with Crippen LogP contribution in [0.2, 0.25) is 0 Å². The third-order valence-electron chi connectivity index (χ3n) is 2.50. The number of hydrogen-bond acceptors (Lipinski definition) is 3. The fraction of sp³-hybridized carbons (Fsp3) is 0.667. The lowest BCUT2D eigenvalue weighted by molar-refractivity contribution is -0.115. The molecule has 3 heteroatoms. The second kappa shape index (κ2) is 6.77. The van der Waals surface area contributed by atoms with Crippen molar-refractivity contribution >= 4 is 0 Å². The van der Waals surface area contributed by atoms with Gasteiger partial charge in [0.05, 0.1) is 6.04 Å². The first-order valence-electron chi connectivity index (χ1n) is 5.62. The quantitative estimate of drug-likeness (QED) is 0.656. The third-order valence-corrected chi connectivity index (χ3v) is 2.50. The zero-order chi connectivity index (χ0) is 11.1. The van der Waals surface area contributed by atoms with Crippen molar-refractivity contribution in [3.8, 4) is 0 Å². The Kier molecular flexibility index (Phi) is 5.61. The minimum atomic E-state index is -0.829. The molecule has 3 nitrogen and oxygen atoms in total. The van der Waals surface area contributed by atoms with E-state index in [0.717, 1.165) is 19.3 Å². The first kappa shape index (κ1) is 12.4. The summed E-state index contributed by atoms with van der Waals surface area (Å²) >= 11 is 0. The molecule has 0 saturated heterocycles. The molecular formula is C12H21NO2. The highest BCUT2D eigenvalue weighted by Crippen LogP contribution is 2.18. The molecular weight excluding hydrogens is 190 g/mol. The highest BCUT2D eigenvalue weighted by atomic mass is 16.6. The van der Waals surface area contributed by atoms with E-state index < -0.39 is 6.29 Å². The SMILES string of the molecule is CCCOC(O)C(N)CC1C=CC=CC1. The first-order valence-corrected chi connectivity index (χ1v) is 5.62. The summed E-state index contributed by atoms with van der Waals surface area (Å²) in [5.41, 5.74) is 5.86. The Morgan fingerprint density at radius 1 is 1.53 bits per heavy atom. The number of allylic oxidation sites excluding steroid dienone is 4. The Morgan fingerprint density at radius 2 is 2.33 bits per heavy atom. The van der Waals surface area contributed by atoms with Gasteiger partial charge in [0.15, 0.2) is 6.29 Å². The van der Waals surface area contributed by atoms with Gasteiger partial charge in [-0.05, 0) is 25.2 Å². The van der Waals surface area contributed by atoms with Crippen LogP contribution in [0.4, 0.5) is 0 Å². The van der Waals surface area contributed by atoms with Gasteiger partial charge >= 0.3 is 0 Å². The monoisotopic (exact) mass is 211 g/mol. The maximum Gasteiger partial charge on any atom is 0.169 e. The Hall–Kier alpha value is -0.640. The van der Waals surface area contributed by atoms with Crippen molar-refractivity contribution in [1.29, 1.82) is 0 Å². The lowest BCUT2D eigenvalue weighted by atomic mass is 9.93. The molecule has 1 rings (SSSR count). The predicted octanol–water partition coefficient (Wildman–Crippen LogP) is 1.58. The van der Waals surface area contributed by atoms with E-state index in [9.17, 15) is 5.11 Å². The normalized spacial score (nSPS) is 24.1. The molecule has 1 aliphatic rings. The largest absolute Gasteiger partial charge is 0.367 e. The lowest BCUT2D eigenvalue weighted by Crippen LogP contribution is -2.38. The number of hydrogen-bond donors (Lipinski definition) is 2. The summed E-state index contributed by atoms with van der Waals surface area (Å²) in [7, 11) is 0. The van der Waals surface area contributed by atoms with Crippen LogP contribution in [0.15, 0.2) is 24.3 Å². The van der Waals surface area contributed by atoms with Gasteiger partial charge in [0.25, 0.3) is 0 Å². The van der Waals surface area contributed by atoms with Crippen molar-refractivity contribution in [3.63, 3.8) is 0 Å². The minimum absolute atomic E-state index is 0.294. The summed E-state index contributed by atoms with van der Waals surface area (Å²) < 4.78 is 5.18. The van der Waals surface area contributed by atoms with Crippen LogP contribution in [0, 0.1) is 5.92 Å². The van der Waals surface area contributed by atoms with E-state index in [4.69, 9.17) is 10.5 Å². The van der Waals surface area contributed by atoms with Crippen molar-refractivity contribution < 1.29 is 9.84 Å². The molecule has 0 spiro atoms. The molecule has 3 unspecified atom stereocenters. The number of aliphatic hydroxyl groups excluding tert-OH is 1. The molecule has 3 N–H and O–H groups in total. The number of aliphatic hydroxyl groups is 1. The Morgan fingerprint density at radius 3 is 2.93 bits per heavy atom. The van der Waals surface area contributed by atoms with Crippen LogP contribution in [0.5, 0.6) is 0 Å². The maximum atomic E-state index is 9.59. The summed E-state index contributed by atoms with van der Waals surface area (Å²) in [6.45, 7) is 2.57. The van der Waals surface area contributed by atoms with Crippen molar-refractivity contribution in [2.24, 2.45) is 11.7 Å². The summed E-state index contributed by atoms with van der Waals surface area (Å²) in [5, 5.41) is 9.59. The third kappa shape index (κ3) is 4.60. The van der Waals surface area contributed by atoms with Gasteiger partial charge in [-0.2, -0.15) is 0 Å². The molecule has 3 atom stereocenters. The molecule has 0 aliphatic heterocycles. The molecule has 0 saturated carbocycles. The van der Waals surface area contributed by atoms with Gasteiger partial charge in [-0.3, -0.25) is 0 Å². The van der Waals surface area contributed by atoms with E-state index in [1.54, 1.807) is 0 Å². The summed E-state index contributed by atoms with van der Waals surface area (Å²) in [6.07, 6.45) is 10.2. The van der Waals surface area contributed by atoms with E-state index in [1.807, 2.05) is 19.1 Å². The molecule has 15 heavy (non-hydrogen) atoms. The molecule has 0 aromatic carbocycles. The molecule has 0 aromatic rings. The van der Waals surface area contributed by atoms with Gasteiger partial charge in [0.1, 0.15) is 0 Å². The molecule has 0 heterocycles. The van der Waals surface area contributed by atoms with E-state index in [-0.39, 0.29) is 6.04 Å². The second-order valence-corrected chi connectivity index (χ2v) is 3.97. The van der Waals surface area contributed by atoms with Crippen LogP contribution >= 0.6 is 0 Å². The number of ether oxygens (including phenoxy) is 1. The predicted molar refractivity (Wildman–Crippen MR) is 61.2 cm³/mol. The van der Waals surface area contributed by atoms with Crippen LogP contribution in [0.3, 0.4) is 0 Å². The van der Waals surface area contributed by atoms with Crippen LogP contribution in [-0.4, -0.2) is 24.0 Å². The average Bonchev–Trinajstić information content (AvgIpc) is 2.27. The van der Waals surface area contributed by atoms with E-state index in [1.165, 1.54) is 0 Å². The molecule has 0 aromatic heterocycles. The van der Waals surface area contributed by atoms with Crippen molar-refractivity contribution in [2.45, 2.75) is 38.5 Å². The van der Waals surface area contributed by atoms with Crippen LogP contribution in [0.25, 0.3) is 0 Å². The topological polar surface area (TPSA) is 55.5 Å². The minimum Gasteiger partial charge on any atom is -0.367 e. The molecule has 0 fully saturated rings. The molecule has 0 bridgehead atoms. The molecule has 0 radical (unpaired) electrons. The van der Waals surface area contributed by atoms with E-state index in [0.29, 0.717) is 12.5 Å². The van der Waals surface area contributed by atoms with Gasteiger partial charge in [-0.25, -0.2) is 0 Å². The highest BCUT2D eigenvalue weighted by Gasteiger charge is 2.18. The van der Waals surface area contributed by atoms with Crippen LogP contribution < -0.4 is 5.73 Å². The standard InChI is InChI=1S/C12H21NO2/c1-2-8-15-12(14)11(13)9-10-6-4-3-5-7-10/h3-6,10-12,14H,2,7-9,13H2,1H3.